The lowest BCUT2D eigenvalue weighted by molar-refractivity contribution is -0.118. The Morgan fingerprint density at radius 3 is 2.47 bits per heavy atom. The predicted molar refractivity (Wildman–Crippen MR) is 131 cm³/mol. The molecule has 0 spiro atoms. The van der Waals surface area contributed by atoms with Gasteiger partial charge in [-0.2, -0.15) is 0 Å². The first kappa shape index (κ1) is 22.4. The van der Waals surface area contributed by atoms with Crippen LogP contribution in [0.2, 0.25) is 10.0 Å². The number of nitrogens with zero attached hydrogens (tertiary/aromatic N) is 2. The van der Waals surface area contributed by atoms with Crippen molar-refractivity contribution in [2.75, 3.05) is 5.75 Å². The number of aromatic nitrogens is 2. The lowest BCUT2D eigenvalue weighted by Gasteiger charge is -2.13. The molecule has 1 heterocycles. The smallest absolute Gasteiger partial charge is 0.262 e. The summed E-state index contributed by atoms with van der Waals surface area (Å²) in [6.07, 6.45) is 0. The number of para-hydroxylation sites is 1. The number of halogens is 2. The Balaban J connectivity index is 1.55. The molecule has 1 amide bonds. The van der Waals surface area contributed by atoms with Gasteiger partial charge in [0.15, 0.2) is 5.16 Å². The summed E-state index contributed by atoms with van der Waals surface area (Å²) in [5, 5.41) is 5.11. The van der Waals surface area contributed by atoms with E-state index in [2.05, 4.69) is 10.3 Å². The van der Waals surface area contributed by atoms with Crippen molar-refractivity contribution in [3.05, 3.63) is 104 Å². The minimum atomic E-state index is -0.171. The average Bonchev–Trinajstić information content (AvgIpc) is 2.80. The third-order valence-corrected chi connectivity index (χ3v) is 6.44. The molecule has 0 bridgehead atoms. The van der Waals surface area contributed by atoms with E-state index >= 15 is 0 Å². The maximum absolute atomic E-state index is 13.2. The number of rotatable bonds is 7. The van der Waals surface area contributed by atoms with Gasteiger partial charge >= 0.3 is 0 Å². The third kappa shape index (κ3) is 5.33. The number of benzene rings is 3. The van der Waals surface area contributed by atoms with Gasteiger partial charge in [-0.1, -0.05) is 77.4 Å². The molecule has 8 heteroatoms. The second-order valence-corrected chi connectivity index (χ2v) is 8.87. The van der Waals surface area contributed by atoms with Gasteiger partial charge in [0.2, 0.25) is 5.91 Å². The van der Waals surface area contributed by atoms with Crippen molar-refractivity contribution in [3.8, 4) is 0 Å². The van der Waals surface area contributed by atoms with Gasteiger partial charge in [0, 0.05) is 16.6 Å². The molecule has 0 aliphatic rings. The maximum atomic E-state index is 13.2. The van der Waals surface area contributed by atoms with Crippen LogP contribution in [0, 0.1) is 0 Å². The molecule has 1 N–H and O–H groups in total. The first-order chi connectivity index (χ1) is 15.5. The number of hydrogen-bond acceptors (Lipinski definition) is 4. The van der Waals surface area contributed by atoms with Gasteiger partial charge < -0.3 is 5.32 Å². The van der Waals surface area contributed by atoms with Crippen LogP contribution in [-0.4, -0.2) is 21.2 Å². The highest BCUT2D eigenvalue weighted by atomic mass is 35.5. The van der Waals surface area contributed by atoms with Crippen LogP contribution in [0.5, 0.6) is 0 Å². The number of carbonyl (C=O) groups excluding carboxylic acids is 1. The Morgan fingerprint density at radius 2 is 1.69 bits per heavy atom. The van der Waals surface area contributed by atoms with Crippen LogP contribution in [0.15, 0.2) is 82.7 Å². The molecule has 5 nitrogen and oxygen atoms in total. The Morgan fingerprint density at radius 1 is 0.969 bits per heavy atom. The van der Waals surface area contributed by atoms with Crippen molar-refractivity contribution < 1.29 is 4.79 Å². The van der Waals surface area contributed by atoms with Gasteiger partial charge in [-0.25, -0.2) is 4.98 Å². The molecule has 0 aliphatic heterocycles. The molecule has 32 heavy (non-hydrogen) atoms. The summed E-state index contributed by atoms with van der Waals surface area (Å²) >= 11 is 13.4. The molecule has 4 aromatic rings. The van der Waals surface area contributed by atoms with Crippen molar-refractivity contribution in [2.24, 2.45) is 0 Å². The second kappa shape index (κ2) is 10.2. The van der Waals surface area contributed by atoms with E-state index in [1.54, 1.807) is 34.9 Å². The maximum Gasteiger partial charge on any atom is 0.262 e. The van der Waals surface area contributed by atoms with E-state index in [1.807, 2.05) is 42.5 Å². The first-order valence-corrected chi connectivity index (χ1v) is 11.6. The summed E-state index contributed by atoms with van der Waals surface area (Å²) in [4.78, 5) is 30.3. The van der Waals surface area contributed by atoms with E-state index in [4.69, 9.17) is 23.2 Å². The molecule has 3 aromatic carbocycles. The molecule has 4 rings (SSSR count). The van der Waals surface area contributed by atoms with Gasteiger partial charge in [0.25, 0.3) is 5.56 Å². The van der Waals surface area contributed by atoms with Crippen molar-refractivity contribution in [2.45, 2.75) is 18.2 Å². The zero-order chi connectivity index (χ0) is 22.5. The molecular weight excluding hydrogens is 465 g/mol. The number of thioether (sulfide) groups is 1. The summed E-state index contributed by atoms with van der Waals surface area (Å²) in [7, 11) is 0. The fourth-order valence-corrected chi connectivity index (χ4v) is 4.34. The normalized spacial score (nSPS) is 10.9. The minimum absolute atomic E-state index is 0.121. The first-order valence-electron chi connectivity index (χ1n) is 9.88. The zero-order valence-electron chi connectivity index (χ0n) is 16.9. The summed E-state index contributed by atoms with van der Waals surface area (Å²) in [6.45, 7) is 0.666. The van der Waals surface area contributed by atoms with Gasteiger partial charge in [-0.3, -0.25) is 14.2 Å². The highest BCUT2D eigenvalue weighted by Crippen LogP contribution is 2.20. The van der Waals surface area contributed by atoms with Gasteiger partial charge in [0.1, 0.15) is 0 Å². The van der Waals surface area contributed by atoms with Crippen molar-refractivity contribution in [1.82, 2.24) is 14.9 Å². The van der Waals surface area contributed by atoms with Crippen molar-refractivity contribution in [1.29, 1.82) is 0 Å². The van der Waals surface area contributed by atoms with Crippen LogP contribution in [-0.2, 0) is 17.9 Å². The van der Waals surface area contributed by atoms with E-state index in [0.717, 1.165) is 11.1 Å². The monoisotopic (exact) mass is 483 g/mol. The van der Waals surface area contributed by atoms with E-state index in [0.29, 0.717) is 39.2 Å². The molecule has 0 unspecified atom stereocenters. The van der Waals surface area contributed by atoms with E-state index in [9.17, 15) is 9.59 Å². The average molecular weight is 484 g/mol. The summed E-state index contributed by atoms with van der Waals surface area (Å²) in [5.41, 5.74) is 2.21. The van der Waals surface area contributed by atoms with Crippen molar-refractivity contribution in [3.63, 3.8) is 0 Å². The summed E-state index contributed by atoms with van der Waals surface area (Å²) < 4.78 is 1.59. The Bertz CT molecular complexity index is 1320. The fourth-order valence-electron chi connectivity index (χ4n) is 3.19. The lowest BCUT2D eigenvalue weighted by atomic mass is 10.2. The summed E-state index contributed by atoms with van der Waals surface area (Å²) in [6, 6.07) is 21.9. The predicted octanol–water partition coefficient (Wildman–Crippen LogP) is 5.16. The SMILES string of the molecule is O=C(CSc1nc2ccccc2c(=O)n1Cc1ccc(Cl)cc1)NCc1ccccc1Cl. The highest BCUT2D eigenvalue weighted by molar-refractivity contribution is 7.99. The Labute approximate surface area is 199 Å². The zero-order valence-corrected chi connectivity index (χ0v) is 19.3. The van der Waals surface area contributed by atoms with Crippen LogP contribution in [0.4, 0.5) is 0 Å². The quantitative estimate of drug-likeness (QED) is 0.291. The van der Waals surface area contributed by atoms with Crippen LogP contribution >= 0.6 is 35.0 Å². The van der Waals surface area contributed by atoms with Gasteiger partial charge in [-0.05, 0) is 41.5 Å². The minimum Gasteiger partial charge on any atom is -0.351 e. The molecule has 0 saturated carbocycles. The van der Waals surface area contributed by atoms with Crippen LogP contribution in [0.1, 0.15) is 11.1 Å². The van der Waals surface area contributed by atoms with E-state index in [1.165, 1.54) is 11.8 Å². The topological polar surface area (TPSA) is 64.0 Å². The number of nitrogens with one attached hydrogen (secondary N) is 1. The number of hydrogen-bond donors (Lipinski definition) is 1. The van der Waals surface area contributed by atoms with E-state index < -0.39 is 0 Å². The van der Waals surface area contributed by atoms with Gasteiger partial charge in [0.05, 0.1) is 23.2 Å². The molecule has 0 saturated heterocycles. The third-order valence-electron chi connectivity index (χ3n) is 4.85. The fraction of sp³-hybridized carbons (Fsp3) is 0.125. The number of carbonyl (C=O) groups is 1. The highest BCUT2D eigenvalue weighted by Gasteiger charge is 2.14. The lowest BCUT2D eigenvalue weighted by Crippen LogP contribution is -2.27. The van der Waals surface area contributed by atoms with Gasteiger partial charge in [-0.15, -0.1) is 0 Å². The van der Waals surface area contributed by atoms with Crippen molar-refractivity contribution >= 4 is 51.8 Å². The second-order valence-electron chi connectivity index (χ2n) is 7.09. The number of fused-ring (bicyclic) bond motifs is 1. The molecular formula is C24H19Cl2N3O2S. The Hall–Kier alpha value is -2.80. The largest absolute Gasteiger partial charge is 0.351 e. The molecule has 162 valence electrons. The number of amides is 1. The van der Waals surface area contributed by atoms with Crippen LogP contribution in [0.3, 0.4) is 0 Å². The Kier molecular flexibility index (Phi) is 7.15. The molecule has 0 atom stereocenters. The standard InChI is InChI=1S/C24H19Cl2N3O2S/c25-18-11-9-16(10-12-18)14-29-23(31)19-6-2-4-8-21(19)28-24(29)32-15-22(30)27-13-17-5-1-3-7-20(17)26/h1-12H,13-15H2,(H,27,30). The molecule has 1 aromatic heterocycles. The van der Waals surface area contributed by atoms with E-state index in [-0.39, 0.29) is 17.2 Å². The van der Waals surface area contributed by atoms with Crippen LogP contribution in [0.25, 0.3) is 10.9 Å². The molecule has 0 fully saturated rings. The molecule has 0 radical (unpaired) electrons. The van der Waals surface area contributed by atoms with Crippen LogP contribution < -0.4 is 10.9 Å². The molecule has 0 aliphatic carbocycles. The summed E-state index contributed by atoms with van der Waals surface area (Å²) in [5.74, 6) is -0.0501.